The summed E-state index contributed by atoms with van der Waals surface area (Å²) in [6.45, 7) is 6.62. The summed E-state index contributed by atoms with van der Waals surface area (Å²) in [5.41, 5.74) is 4.20. The van der Waals surface area contributed by atoms with Gasteiger partial charge < -0.3 is 0 Å². The van der Waals surface area contributed by atoms with Gasteiger partial charge in [-0.05, 0) is 61.6 Å². The molecule has 4 heteroatoms. The SMILES string of the molecule is C/C=C(\C)c1c(-c2ccc(C)s2)c2c(sc3c4ccccc4sc32)c2sccc12. The Bertz CT molecular complexity index is 1580. The van der Waals surface area contributed by atoms with Gasteiger partial charge in [-0.1, -0.05) is 24.3 Å². The average Bonchev–Trinajstić information content (AvgIpc) is 3.49. The standard InChI is InChI=1S/C25H18S4/c1-4-13(2)19-16-11-12-26-22(16)24-21(20(19)18-10-9-14(3)27-18)25-23(29-24)15-7-5-6-8-17(15)28-25/h4-12H,1-3H3/b13-4+. The van der Waals surface area contributed by atoms with Crippen LogP contribution >= 0.6 is 45.3 Å². The Labute approximate surface area is 185 Å². The highest BCUT2D eigenvalue weighted by Gasteiger charge is 2.24. The molecule has 142 valence electrons. The van der Waals surface area contributed by atoms with Crippen LogP contribution in [-0.2, 0) is 0 Å². The molecule has 0 saturated carbocycles. The molecule has 0 aliphatic rings. The van der Waals surface area contributed by atoms with Gasteiger partial charge in [-0.3, -0.25) is 0 Å². The molecule has 0 saturated heterocycles. The number of hydrogen-bond donors (Lipinski definition) is 0. The molecule has 6 rings (SSSR count). The average molecular weight is 447 g/mol. The van der Waals surface area contributed by atoms with Gasteiger partial charge in [0.15, 0.2) is 0 Å². The van der Waals surface area contributed by atoms with E-state index in [9.17, 15) is 0 Å². The first kappa shape index (κ1) is 17.8. The van der Waals surface area contributed by atoms with Gasteiger partial charge in [-0.15, -0.1) is 45.3 Å². The van der Waals surface area contributed by atoms with Crippen LogP contribution in [0.15, 0.2) is 53.9 Å². The van der Waals surface area contributed by atoms with Crippen molar-refractivity contribution in [2.45, 2.75) is 20.8 Å². The largest absolute Gasteiger partial charge is 0.142 e. The summed E-state index contributed by atoms with van der Waals surface area (Å²) in [6, 6.07) is 15.7. The first-order valence-electron chi connectivity index (χ1n) is 9.64. The van der Waals surface area contributed by atoms with Gasteiger partial charge in [0.1, 0.15) is 0 Å². The molecule has 4 heterocycles. The van der Waals surface area contributed by atoms with Gasteiger partial charge in [0.2, 0.25) is 0 Å². The highest BCUT2D eigenvalue weighted by molar-refractivity contribution is 7.38. The number of benzene rings is 2. The lowest BCUT2D eigenvalue weighted by atomic mass is 9.93. The highest BCUT2D eigenvalue weighted by Crippen LogP contribution is 2.54. The third kappa shape index (κ3) is 2.47. The van der Waals surface area contributed by atoms with Crippen LogP contribution in [0.5, 0.6) is 0 Å². The van der Waals surface area contributed by atoms with E-state index in [0.717, 1.165) is 0 Å². The van der Waals surface area contributed by atoms with Gasteiger partial charge >= 0.3 is 0 Å². The van der Waals surface area contributed by atoms with Gasteiger partial charge in [0.25, 0.3) is 0 Å². The smallest absolute Gasteiger partial charge is 0.0549 e. The minimum absolute atomic E-state index is 1.36. The summed E-state index contributed by atoms with van der Waals surface area (Å²) >= 11 is 7.73. The second-order valence-corrected chi connectivity index (χ2v) is 11.6. The molecule has 0 bridgehead atoms. The summed E-state index contributed by atoms with van der Waals surface area (Å²) in [4.78, 5) is 2.75. The second kappa shape index (κ2) is 6.51. The lowest BCUT2D eigenvalue weighted by molar-refractivity contribution is 1.61. The van der Waals surface area contributed by atoms with Crippen molar-refractivity contribution < 1.29 is 0 Å². The monoisotopic (exact) mass is 446 g/mol. The van der Waals surface area contributed by atoms with Crippen LogP contribution in [0.1, 0.15) is 24.3 Å². The van der Waals surface area contributed by atoms with Gasteiger partial charge in [0, 0.05) is 36.2 Å². The molecule has 0 aliphatic heterocycles. The number of rotatable bonds is 2. The number of hydrogen-bond acceptors (Lipinski definition) is 4. The molecule has 0 radical (unpaired) electrons. The zero-order chi connectivity index (χ0) is 19.7. The van der Waals surface area contributed by atoms with Crippen molar-refractivity contribution in [1.82, 2.24) is 0 Å². The van der Waals surface area contributed by atoms with E-state index < -0.39 is 0 Å². The summed E-state index contributed by atoms with van der Waals surface area (Å²) in [5, 5.41) is 6.51. The predicted octanol–water partition coefficient (Wildman–Crippen LogP) is 9.94. The Morgan fingerprint density at radius 3 is 2.45 bits per heavy atom. The highest BCUT2D eigenvalue weighted by atomic mass is 32.1. The molecule has 4 aromatic heterocycles. The van der Waals surface area contributed by atoms with E-state index in [1.807, 2.05) is 45.3 Å². The molecule has 0 unspecified atom stereocenters. The number of thiophene rings is 4. The van der Waals surface area contributed by atoms with E-state index >= 15 is 0 Å². The van der Waals surface area contributed by atoms with Gasteiger partial charge in [0.05, 0.1) is 18.8 Å². The van der Waals surface area contributed by atoms with Gasteiger partial charge in [-0.25, -0.2) is 0 Å². The van der Waals surface area contributed by atoms with E-state index in [1.54, 1.807) is 0 Å². The third-order valence-electron chi connectivity index (χ3n) is 5.66. The van der Waals surface area contributed by atoms with E-state index in [2.05, 4.69) is 74.7 Å². The summed E-state index contributed by atoms with van der Waals surface area (Å²) < 4.78 is 7.17. The van der Waals surface area contributed by atoms with Crippen molar-refractivity contribution in [3.63, 3.8) is 0 Å². The third-order valence-corrected chi connectivity index (χ3v) is 10.3. The maximum Gasteiger partial charge on any atom is 0.0549 e. The number of fused-ring (bicyclic) bond motifs is 7. The van der Waals surface area contributed by atoms with Crippen LogP contribution in [-0.4, -0.2) is 0 Å². The lowest BCUT2D eigenvalue weighted by Gasteiger charge is -2.13. The van der Waals surface area contributed by atoms with Crippen molar-refractivity contribution in [1.29, 1.82) is 0 Å². The number of aryl methyl sites for hydroxylation is 1. The zero-order valence-corrected chi connectivity index (χ0v) is 19.6. The van der Waals surface area contributed by atoms with Crippen molar-refractivity contribution in [2.75, 3.05) is 0 Å². The van der Waals surface area contributed by atoms with Crippen molar-refractivity contribution in [3.05, 3.63) is 64.4 Å². The molecule has 6 aromatic rings. The molecule has 0 fully saturated rings. The van der Waals surface area contributed by atoms with Crippen molar-refractivity contribution >= 4 is 90.6 Å². The van der Waals surface area contributed by atoms with Crippen molar-refractivity contribution in [3.8, 4) is 10.4 Å². The fourth-order valence-electron chi connectivity index (χ4n) is 4.24. The lowest BCUT2D eigenvalue weighted by Crippen LogP contribution is -1.88. The fourth-order valence-corrected chi connectivity index (χ4v) is 9.01. The first-order valence-corrected chi connectivity index (χ1v) is 13.0. The van der Waals surface area contributed by atoms with Crippen molar-refractivity contribution in [2.24, 2.45) is 0 Å². The minimum atomic E-state index is 1.36. The second-order valence-electron chi connectivity index (χ2n) is 7.36. The Morgan fingerprint density at radius 1 is 0.828 bits per heavy atom. The fraction of sp³-hybridized carbons (Fsp3) is 0.120. The minimum Gasteiger partial charge on any atom is -0.142 e. The molecular weight excluding hydrogens is 429 g/mol. The quantitative estimate of drug-likeness (QED) is 0.248. The van der Waals surface area contributed by atoms with Crippen LogP contribution in [0.25, 0.3) is 55.7 Å². The Morgan fingerprint density at radius 2 is 1.66 bits per heavy atom. The van der Waals surface area contributed by atoms with Crippen LogP contribution in [0, 0.1) is 6.92 Å². The molecule has 0 atom stereocenters. The van der Waals surface area contributed by atoms with Gasteiger partial charge in [-0.2, -0.15) is 0 Å². The van der Waals surface area contributed by atoms with E-state index in [-0.39, 0.29) is 0 Å². The zero-order valence-electron chi connectivity index (χ0n) is 16.3. The first-order chi connectivity index (χ1) is 14.2. The number of allylic oxidation sites excluding steroid dienone is 2. The Hall–Kier alpha value is -1.98. The molecule has 0 spiro atoms. The van der Waals surface area contributed by atoms with Crippen LogP contribution in [0.4, 0.5) is 0 Å². The molecule has 0 aliphatic carbocycles. The summed E-state index contributed by atoms with van der Waals surface area (Å²) in [7, 11) is 0. The molecule has 2 aromatic carbocycles. The maximum atomic E-state index is 2.32. The molecular formula is C25H18S4. The maximum absolute atomic E-state index is 2.32. The van der Waals surface area contributed by atoms with E-state index in [0.29, 0.717) is 0 Å². The Kier molecular flexibility index (Phi) is 4.01. The molecule has 0 nitrogen and oxygen atoms in total. The van der Waals surface area contributed by atoms with E-state index in [1.165, 1.54) is 66.1 Å². The van der Waals surface area contributed by atoms with Crippen LogP contribution in [0.2, 0.25) is 0 Å². The molecule has 29 heavy (non-hydrogen) atoms. The van der Waals surface area contributed by atoms with Crippen LogP contribution < -0.4 is 0 Å². The summed E-state index contributed by atoms with van der Waals surface area (Å²) in [6.07, 6.45) is 2.26. The molecule has 0 N–H and O–H groups in total. The van der Waals surface area contributed by atoms with E-state index in [4.69, 9.17) is 0 Å². The summed E-state index contributed by atoms with van der Waals surface area (Å²) in [5.74, 6) is 0. The topological polar surface area (TPSA) is 0 Å². The van der Waals surface area contributed by atoms with Crippen LogP contribution in [0.3, 0.4) is 0 Å². The normalized spacial score (nSPS) is 12.9. The Balaban J connectivity index is 1.94. The molecule has 0 amide bonds. The predicted molar refractivity (Wildman–Crippen MR) is 137 cm³/mol.